The Balaban J connectivity index is 1.96. The van der Waals surface area contributed by atoms with Gasteiger partial charge in [-0.15, -0.1) is 0 Å². The van der Waals surface area contributed by atoms with Crippen LogP contribution in [0, 0.1) is 12.7 Å². The highest BCUT2D eigenvalue weighted by molar-refractivity contribution is 5.94. The summed E-state index contributed by atoms with van der Waals surface area (Å²) in [6, 6.07) is 11.4. The Kier molecular flexibility index (Phi) is 6.07. The number of carbonyl (C=O) groups is 2. The molecule has 2 rings (SSSR count). The maximum Gasteiger partial charge on any atom is 0.338 e. The summed E-state index contributed by atoms with van der Waals surface area (Å²) in [7, 11) is 0. The molecule has 1 amide bonds. The van der Waals surface area contributed by atoms with Gasteiger partial charge in [-0.25, -0.2) is 9.18 Å². The van der Waals surface area contributed by atoms with E-state index in [0.29, 0.717) is 29.8 Å². The monoisotopic (exact) mass is 329 g/mol. The van der Waals surface area contributed by atoms with E-state index in [1.807, 2.05) is 0 Å². The maximum atomic E-state index is 13.5. The standard InChI is InChI=1S/C19H20FNO3/c1-3-24-19(23)15-8-10-17(13(2)12-15)21-18(22)11-9-14-6-4-5-7-16(14)20/h4-8,10,12H,3,9,11H2,1-2H3,(H,21,22). The van der Waals surface area contributed by atoms with E-state index >= 15 is 0 Å². The molecule has 4 nitrogen and oxygen atoms in total. The predicted octanol–water partition coefficient (Wildman–Crippen LogP) is 3.88. The van der Waals surface area contributed by atoms with E-state index in [9.17, 15) is 14.0 Å². The Labute approximate surface area is 140 Å². The third-order valence-corrected chi connectivity index (χ3v) is 3.59. The number of nitrogens with one attached hydrogen (secondary N) is 1. The molecule has 0 saturated carbocycles. The summed E-state index contributed by atoms with van der Waals surface area (Å²) in [5, 5.41) is 2.78. The minimum atomic E-state index is -0.391. The molecule has 1 N–H and O–H groups in total. The lowest BCUT2D eigenvalue weighted by Crippen LogP contribution is -2.14. The van der Waals surface area contributed by atoms with Crippen LogP contribution in [-0.4, -0.2) is 18.5 Å². The molecule has 0 aliphatic rings. The number of hydrogen-bond acceptors (Lipinski definition) is 3. The molecular formula is C19H20FNO3. The van der Waals surface area contributed by atoms with Gasteiger partial charge in [0, 0.05) is 12.1 Å². The first-order chi connectivity index (χ1) is 11.5. The van der Waals surface area contributed by atoms with Gasteiger partial charge < -0.3 is 10.1 Å². The Bertz CT molecular complexity index is 743. The number of esters is 1. The summed E-state index contributed by atoms with van der Waals surface area (Å²) < 4.78 is 18.5. The molecule has 0 aliphatic heterocycles. The zero-order chi connectivity index (χ0) is 17.5. The fourth-order valence-corrected chi connectivity index (χ4v) is 2.31. The van der Waals surface area contributed by atoms with Gasteiger partial charge in [0.05, 0.1) is 12.2 Å². The lowest BCUT2D eigenvalue weighted by Gasteiger charge is -2.10. The molecule has 0 heterocycles. The number of rotatable bonds is 6. The molecule has 0 aromatic heterocycles. The molecule has 0 saturated heterocycles. The number of halogens is 1. The lowest BCUT2D eigenvalue weighted by molar-refractivity contribution is -0.116. The number of amides is 1. The van der Waals surface area contributed by atoms with Gasteiger partial charge in [0.1, 0.15) is 5.82 Å². The summed E-state index contributed by atoms with van der Waals surface area (Å²) in [5.74, 6) is -0.900. The topological polar surface area (TPSA) is 55.4 Å². The Morgan fingerprint density at radius 2 is 1.92 bits per heavy atom. The van der Waals surface area contributed by atoms with Crippen LogP contribution in [0.2, 0.25) is 0 Å². The zero-order valence-corrected chi connectivity index (χ0v) is 13.8. The van der Waals surface area contributed by atoms with Crippen LogP contribution in [0.25, 0.3) is 0 Å². The minimum absolute atomic E-state index is 0.181. The zero-order valence-electron chi connectivity index (χ0n) is 13.8. The molecule has 2 aromatic carbocycles. The third-order valence-electron chi connectivity index (χ3n) is 3.59. The Morgan fingerprint density at radius 1 is 1.17 bits per heavy atom. The van der Waals surface area contributed by atoms with Gasteiger partial charge in [-0.2, -0.15) is 0 Å². The lowest BCUT2D eigenvalue weighted by atomic mass is 10.1. The van der Waals surface area contributed by atoms with Crippen molar-refractivity contribution in [2.24, 2.45) is 0 Å². The van der Waals surface area contributed by atoms with Crippen molar-refractivity contribution in [2.75, 3.05) is 11.9 Å². The molecule has 0 bridgehead atoms. The minimum Gasteiger partial charge on any atom is -0.462 e. The van der Waals surface area contributed by atoms with Gasteiger partial charge in [0.25, 0.3) is 0 Å². The molecule has 0 atom stereocenters. The first-order valence-electron chi connectivity index (χ1n) is 7.82. The predicted molar refractivity (Wildman–Crippen MR) is 90.5 cm³/mol. The highest BCUT2D eigenvalue weighted by Crippen LogP contribution is 2.18. The summed E-state index contributed by atoms with van der Waals surface area (Å²) >= 11 is 0. The fraction of sp³-hybridized carbons (Fsp3) is 0.263. The SMILES string of the molecule is CCOC(=O)c1ccc(NC(=O)CCc2ccccc2F)c(C)c1. The second kappa shape index (κ2) is 8.24. The van der Waals surface area contributed by atoms with Gasteiger partial charge in [-0.1, -0.05) is 18.2 Å². The summed E-state index contributed by atoms with van der Waals surface area (Å²) in [6.45, 7) is 3.86. The summed E-state index contributed by atoms with van der Waals surface area (Å²) in [5.41, 5.74) is 2.35. The second-order valence-electron chi connectivity index (χ2n) is 5.39. The van der Waals surface area contributed by atoms with Crippen molar-refractivity contribution in [2.45, 2.75) is 26.7 Å². The van der Waals surface area contributed by atoms with Crippen molar-refractivity contribution >= 4 is 17.6 Å². The van der Waals surface area contributed by atoms with E-state index in [2.05, 4.69) is 5.32 Å². The summed E-state index contributed by atoms with van der Waals surface area (Å²) in [4.78, 5) is 23.7. The number of anilines is 1. The van der Waals surface area contributed by atoms with Crippen LogP contribution < -0.4 is 5.32 Å². The van der Waals surface area contributed by atoms with Crippen LogP contribution in [0.5, 0.6) is 0 Å². The normalized spacial score (nSPS) is 10.3. The number of benzene rings is 2. The van der Waals surface area contributed by atoms with E-state index in [0.717, 1.165) is 5.56 Å². The molecular weight excluding hydrogens is 309 g/mol. The molecule has 0 radical (unpaired) electrons. The van der Waals surface area contributed by atoms with Crippen molar-refractivity contribution in [1.29, 1.82) is 0 Å². The number of carbonyl (C=O) groups excluding carboxylic acids is 2. The maximum absolute atomic E-state index is 13.5. The molecule has 0 unspecified atom stereocenters. The van der Waals surface area contributed by atoms with Gasteiger partial charge in [-0.3, -0.25) is 4.79 Å². The van der Waals surface area contributed by atoms with Gasteiger partial charge in [-0.05, 0) is 55.7 Å². The van der Waals surface area contributed by atoms with Crippen molar-refractivity contribution in [1.82, 2.24) is 0 Å². The first kappa shape index (κ1) is 17.7. The smallest absolute Gasteiger partial charge is 0.338 e. The quantitative estimate of drug-likeness (QED) is 0.818. The number of hydrogen-bond donors (Lipinski definition) is 1. The molecule has 24 heavy (non-hydrogen) atoms. The molecule has 0 spiro atoms. The highest BCUT2D eigenvalue weighted by atomic mass is 19.1. The highest BCUT2D eigenvalue weighted by Gasteiger charge is 2.11. The Morgan fingerprint density at radius 3 is 2.58 bits per heavy atom. The van der Waals surface area contributed by atoms with Crippen molar-refractivity contribution < 1.29 is 18.7 Å². The molecule has 5 heteroatoms. The molecule has 2 aromatic rings. The van der Waals surface area contributed by atoms with Crippen molar-refractivity contribution in [3.8, 4) is 0 Å². The van der Waals surface area contributed by atoms with Crippen molar-refractivity contribution in [3.63, 3.8) is 0 Å². The molecule has 0 aliphatic carbocycles. The van der Waals surface area contributed by atoms with E-state index < -0.39 is 5.97 Å². The van der Waals surface area contributed by atoms with Crippen LogP contribution >= 0.6 is 0 Å². The van der Waals surface area contributed by atoms with Gasteiger partial charge in [0.15, 0.2) is 0 Å². The fourth-order valence-electron chi connectivity index (χ4n) is 2.31. The largest absolute Gasteiger partial charge is 0.462 e. The van der Waals surface area contributed by atoms with Gasteiger partial charge in [0.2, 0.25) is 5.91 Å². The van der Waals surface area contributed by atoms with Gasteiger partial charge >= 0.3 is 5.97 Å². The molecule has 0 fully saturated rings. The van der Waals surface area contributed by atoms with E-state index in [1.165, 1.54) is 6.07 Å². The van der Waals surface area contributed by atoms with Crippen LogP contribution in [0.1, 0.15) is 34.8 Å². The average molecular weight is 329 g/mol. The van der Waals surface area contributed by atoms with Crippen LogP contribution in [-0.2, 0) is 16.0 Å². The Hall–Kier alpha value is -2.69. The van der Waals surface area contributed by atoms with Crippen LogP contribution in [0.15, 0.2) is 42.5 Å². The van der Waals surface area contributed by atoms with Crippen LogP contribution in [0.3, 0.4) is 0 Å². The van der Waals surface area contributed by atoms with Crippen molar-refractivity contribution in [3.05, 3.63) is 65.0 Å². The van der Waals surface area contributed by atoms with E-state index in [4.69, 9.17) is 4.74 Å². The third kappa shape index (κ3) is 4.65. The first-order valence-corrected chi connectivity index (χ1v) is 7.82. The van der Waals surface area contributed by atoms with E-state index in [-0.39, 0.29) is 18.1 Å². The number of aryl methyl sites for hydroxylation is 2. The van der Waals surface area contributed by atoms with E-state index in [1.54, 1.807) is 50.2 Å². The van der Waals surface area contributed by atoms with Crippen LogP contribution in [0.4, 0.5) is 10.1 Å². The molecule has 126 valence electrons. The second-order valence-corrected chi connectivity index (χ2v) is 5.39. The average Bonchev–Trinajstić information content (AvgIpc) is 2.56. The number of ether oxygens (including phenoxy) is 1. The summed E-state index contributed by atoms with van der Waals surface area (Å²) in [6.07, 6.45) is 0.512.